The minimum atomic E-state index is -2.62. The lowest BCUT2D eigenvalue weighted by Crippen LogP contribution is -2.26. The smallest absolute Gasteiger partial charge is 0.290 e. The Hall–Kier alpha value is -2.15. The second-order valence-corrected chi connectivity index (χ2v) is 5.99. The van der Waals surface area contributed by atoms with Gasteiger partial charge in [0.2, 0.25) is 0 Å². The van der Waals surface area contributed by atoms with Gasteiger partial charge in [0.05, 0.1) is 12.2 Å². The number of amides is 1. The van der Waals surface area contributed by atoms with Gasteiger partial charge in [-0.3, -0.25) is 4.79 Å². The van der Waals surface area contributed by atoms with Gasteiger partial charge in [-0.25, -0.2) is 4.98 Å². The quantitative estimate of drug-likeness (QED) is 0.578. The Morgan fingerprint density at radius 3 is 2.92 bits per heavy atom. The lowest BCUT2D eigenvalue weighted by Gasteiger charge is -2.09. The SMILES string of the molecule is Cc1cccc(OCCCNC(=O)c2cccnc2SC(F)F)c1. The van der Waals surface area contributed by atoms with E-state index in [0.717, 1.165) is 11.3 Å². The van der Waals surface area contributed by atoms with E-state index in [-0.39, 0.29) is 22.4 Å². The molecule has 2 rings (SSSR count). The van der Waals surface area contributed by atoms with Gasteiger partial charge < -0.3 is 10.1 Å². The number of aryl methyl sites for hydroxylation is 1. The second kappa shape index (κ2) is 9.22. The Labute approximate surface area is 143 Å². The van der Waals surface area contributed by atoms with Crippen molar-refractivity contribution in [2.24, 2.45) is 0 Å². The maximum atomic E-state index is 12.5. The molecule has 0 aliphatic rings. The molecule has 1 heterocycles. The molecule has 0 radical (unpaired) electrons. The molecule has 1 N–H and O–H groups in total. The van der Waals surface area contributed by atoms with E-state index in [4.69, 9.17) is 4.74 Å². The summed E-state index contributed by atoms with van der Waals surface area (Å²) in [6.45, 7) is 2.82. The molecular formula is C17H18F2N2O2S. The third kappa shape index (κ3) is 5.81. The monoisotopic (exact) mass is 352 g/mol. The average molecular weight is 352 g/mol. The molecule has 0 aliphatic carbocycles. The zero-order chi connectivity index (χ0) is 17.4. The molecule has 0 fully saturated rings. The van der Waals surface area contributed by atoms with E-state index in [2.05, 4.69) is 10.3 Å². The molecule has 0 unspecified atom stereocenters. The van der Waals surface area contributed by atoms with Gasteiger partial charge in [-0.1, -0.05) is 12.1 Å². The minimum absolute atomic E-state index is 0.0287. The van der Waals surface area contributed by atoms with Crippen LogP contribution in [0, 0.1) is 6.92 Å². The summed E-state index contributed by atoms with van der Waals surface area (Å²) in [7, 11) is 0. The van der Waals surface area contributed by atoms with Crippen molar-refractivity contribution in [3.8, 4) is 5.75 Å². The van der Waals surface area contributed by atoms with Crippen LogP contribution in [0.25, 0.3) is 0 Å². The highest BCUT2D eigenvalue weighted by molar-refractivity contribution is 7.99. The molecule has 0 saturated carbocycles. The molecule has 1 aromatic heterocycles. The van der Waals surface area contributed by atoms with E-state index < -0.39 is 11.7 Å². The van der Waals surface area contributed by atoms with Gasteiger partial charge in [-0.15, -0.1) is 0 Å². The third-order valence-corrected chi connectivity index (χ3v) is 3.81. The van der Waals surface area contributed by atoms with Gasteiger partial charge in [0.1, 0.15) is 10.8 Å². The number of carbonyl (C=O) groups is 1. The standard InChI is InChI=1S/C17H18F2N2O2S/c1-12-5-2-6-13(11-12)23-10-4-9-20-15(22)14-7-3-8-21-16(14)24-17(18)19/h2-3,5-8,11,17H,4,9-10H2,1H3,(H,20,22). The van der Waals surface area contributed by atoms with Crippen molar-refractivity contribution in [1.29, 1.82) is 0 Å². The molecule has 2 aromatic rings. The Balaban J connectivity index is 1.77. The number of halogens is 2. The fourth-order valence-corrected chi connectivity index (χ4v) is 2.58. The Bertz CT molecular complexity index is 683. The lowest BCUT2D eigenvalue weighted by molar-refractivity contribution is 0.0948. The van der Waals surface area contributed by atoms with Gasteiger partial charge in [-0.2, -0.15) is 8.78 Å². The number of nitrogens with one attached hydrogen (secondary N) is 1. The summed E-state index contributed by atoms with van der Waals surface area (Å²) in [5.41, 5.74) is 1.27. The summed E-state index contributed by atoms with van der Waals surface area (Å²) in [5.74, 6) is -2.25. The summed E-state index contributed by atoms with van der Waals surface area (Å²) in [5, 5.41) is 2.72. The first-order chi connectivity index (χ1) is 11.6. The highest BCUT2D eigenvalue weighted by Crippen LogP contribution is 2.26. The van der Waals surface area contributed by atoms with Crippen molar-refractivity contribution >= 4 is 17.7 Å². The molecular weight excluding hydrogens is 334 g/mol. The van der Waals surface area contributed by atoms with Gasteiger partial charge >= 0.3 is 0 Å². The van der Waals surface area contributed by atoms with Crippen LogP contribution in [0.2, 0.25) is 0 Å². The van der Waals surface area contributed by atoms with E-state index in [9.17, 15) is 13.6 Å². The largest absolute Gasteiger partial charge is 0.494 e. The van der Waals surface area contributed by atoms with Crippen molar-refractivity contribution in [3.63, 3.8) is 0 Å². The normalized spacial score (nSPS) is 10.7. The molecule has 0 bridgehead atoms. The van der Waals surface area contributed by atoms with Crippen LogP contribution >= 0.6 is 11.8 Å². The number of nitrogens with zero attached hydrogens (tertiary/aromatic N) is 1. The highest BCUT2D eigenvalue weighted by atomic mass is 32.2. The lowest BCUT2D eigenvalue weighted by atomic mass is 10.2. The Morgan fingerprint density at radius 1 is 1.33 bits per heavy atom. The molecule has 0 atom stereocenters. The van der Waals surface area contributed by atoms with Crippen molar-refractivity contribution in [1.82, 2.24) is 10.3 Å². The van der Waals surface area contributed by atoms with E-state index >= 15 is 0 Å². The number of thioether (sulfide) groups is 1. The van der Waals surface area contributed by atoms with Crippen LogP contribution < -0.4 is 10.1 Å². The Morgan fingerprint density at radius 2 is 2.17 bits per heavy atom. The second-order valence-electron chi connectivity index (χ2n) is 5.01. The van der Waals surface area contributed by atoms with Gasteiger partial charge in [0.15, 0.2) is 0 Å². The van der Waals surface area contributed by atoms with Crippen LogP contribution in [0.1, 0.15) is 22.3 Å². The fourth-order valence-electron chi connectivity index (χ4n) is 2.01. The van der Waals surface area contributed by atoms with Crippen LogP contribution in [-0.4, -0.2) is 29.8 Å². The summed E-state index contributed by atoms with van der Waals surface area (Å²) >= 11 is 0.266. The zero-order valence-electron chi connectivity index (χ0n) is 13.2. The van der Waals surface area contributed by atoms with E-state index in [1.165, 1.54) is 12.3 Å². The van der Waals surface area contributed by atoms with Gasteiger partial charge in [0.25, 0.3) is 11.7 Å². The highest BCUT2D eigenvalue weighted by Gasteiger charge is 2.16. The van der Waals surface area contributed by atoms with Crippen molar-refractivity contribution in [2.45, 2.75) is 24.1 Å². The summed E-state index contributed by atoms with van der Waals surface area (Å²) in [6, 6.07) is 10.7. The molecule has 1 aromatic carbocycles. The van der Waals surface area contributed by atoms with Crippen LogP contribution in [0.5, 0.6) is 5.75 Å². The number of aromatic nitrogens is 1. The number of rotatable bonds is 8. The number of carbonyl (C=O) groups excluding carboxylic acids is 1. The zero-order valence-corrected chi connectivity index (χ0v) is 14.0. The number of benzene rings is 1. The predicted octanol–water partition coefficient (Wildman–Crippen LogP) is 3.90. The first-order valence-corrected chi connectivity index (χ1v) is 8.31. The molecule has 7 heteroatoms. The van der Waals surface area contributed by atoms with Crippen molar-refractivity contribution < 1.29 is 18.3 Å². The van der Waals surface area contributed by atoms with Crippen molar-refractivity contribution in [3.05, 3.63) is 53.7 Å². The molecule has 1 amide bonds. The van der Waals surface area contributed by atoms with Crippen molar-refractivity contribution in [2.75, 3.05) is 13.2 Å². The molecule has 0 spiro atoms. The number of pyridine rings is 1. The molecule has 24 heavy (non-hydrogen) atoms. The molecule has 0 aliphatic heterocycles. The van der Waals surface area contributed by atoms with Crippen LogP contribution in [-0.2, 0) is 0 Å². The summed E-state index contributed by atoms with van der Waals surface area (Å²) in [6.07, 6.45) is 1.99. The third-order valence-electron chi connectivity index (χ3n) is 3.08. The van der Waals surface area contributed by atoms with E-state index in [1.54, 1.807) is 6.07 Å². The van der Waals surface area contributed by atoms with Crippen LogP contribution in [0.3, 0.4) is 0 Å². The van der Waals surface area contributed by atoms with Gasteiger partial charge in [-0.05, 0) is 54.9 Å². The minimum Gasteiger partial charge on any atom is -0.494 e. The summed E-state index contributed by atoms with van der Waals surface area (Å²) in [4.78, 5) is 15.9. The first kappa shape index (κ1) is 18.2. The molecule has 4 nitrogen and oxygen atoms in total. The summed E-state index contributed by atoms with van der Waals surface area (Å²) < 4.78 is 30.5. The van der Waals surface area contributed by atoms with E-state index in [0.29, 0.717) is 19.6 Å². The number of ether oxygens (including phenoxy) is 1. The maximum absolute atomic E-state index is 12.5. The fraction of sp³-hybridized carbons (Fsp3) is 0.294. The average Bonchev–Trinajstić information content (AvgIpc) is 2.54. The van der Waals surface area contributed by atoms with Crippen LogP contribution in [0.4, 0.5) is 8.78 Å². The molecule has 128 valence electrons. The predicted molar refractivity (Wildman–Crippen MR) is 89.7 cm³/mol. The van der Waals surface area contributed by atoms with Gasteiger partial charge in [0, 0.05) is 12.7 Å². The molecule has 0 saturated heterocycles. The Kier molecular flexibility index (Phi) is 6.99. The number of hydrogen-bond acceptors (Lipinski definition) is 4. The topological polar surface area (TPSA) is 51.2 Å². The number of hydrogen-bond donors (Lipinski definition) is 1. The number of alkyl halides is 2. The van der Waals surface area contributed by atoms with E-state index in [1.807, 2.05) is 31.2 Å². The van der Waals surface area contributed by atoms with Crippen LogP contribution in [0.15, 0.2) is 47.6 Å². The maximum Gasteiger partial charge on any atom is 0.290 e. The first-order valence-electron chi connectivity index (χ1n) is 7.44.